The largest absolute Gasteiger partial charge is 0.412 e. The summed E-state index contributed by atoms with van der Waals surface area (Å²) in [6, 6.07) is 31.7. The molecule has 4 rings (SSSR count). The quantitative estimate of drug-likeness (QED) is 0.474. The van der Waals surface area contributed by atoms with Gasteiger partial charge in [-0.1, -0.05) is 60.7 Å². The van der Waals surface area contributed by atoms with Gasteiger partial charge >= 0.3 is 0 Å². The third-order valence-electron chi connectivity index (χ3n) is 3.76. The van der Waals surface area contributed by atoms with E-state index in [0.717, 1.165) is 10.8 Å². The molecule has 0 saturated carbocycles. The molecule has 0 aliphatic rings. The van der Waals surface area contributed by atoms with Crippen LogP contribution in [0, 0.1) is 22.7 Å². The number of hydrogen-bond donors (Lipinski definition) is 0. The highest BCUT2D eigenvalue weighted by atomic mass is 16.0. The Morgan fingerprint density at radius 1 is 0.480 bits per heavy atom. The standard InChI is InChI=1S/2C11H7N.H2O/c2*12-8-9-5-6-10-3-1-2-4-11(10)7-9;/h2*1-7H;1H2. The second-order valence-electron chi connectivity index (χ2n) is 5.35. The summed E-state index contributed by atoms with van der Waals surface area (Å²) in [7, 11) is 0. The van der Waals surface area contributed by atoms with Crippen LogP contribution in [0.15, 0.2) is 84.9 Å². The van der Waals surface area contributed by atoms with Crippen molar-refractivity contribution in [3.05, 3.63) is 96.1 Å². The molecule has 3 nitrogen and oxygen atoms in total. The van der Waals surface area contributed by atoms with Crippen LogP contribution in [0.2, 0.25) is 0 Å². The van der Waals surface area contributed by atoms with Crippen LogP contribution in [-0.4, -0.2) is 5.48 Å². The topological polar surface area (TPSA) is 79.1 Å². The molecular weight excluding hydrogens is 308 g/mol. The summed E-state index contributed by atoms with van der Waals surface area (Å²) < 4.78 is 0. The number of benzene rings is 4. The first-order valence-electron chi connectivity index (χ1n) is 7.58. The number of rotatable bonds is 0. The molecule has 3 heteroatoms. The van der Waals surface area contributed by atoms with Gasteiger partial charge in [0.1, 0.15) is 0 Å². The van der Waals surface area contributed by atoms with E-state index in [4.69, 9.17) is 10.5 Å². The van der Waals surface area contributed by atoms with Crippen LogP contribution in [0.4, 0.5) is 0 Å². The van der Waals surface area contributed by atoms with Crippen molar-refractivity contribution in [3.63, 3.8) is 0 Å². The molecular formula is C22H16N2O. The molecule has 0 saturated heterocycles. The summed E-state index contributed by atoms with van der Waals surface area (Å²) in [5.41, 5.74) is 1.43. The average molecular weight is 324 g/mol. The van der Waals surface area contributed by atoms with E-state index in [0.29, 0.717) is 11.1 Å². The fraction of sp³-hybridized carbons (Fsp3) is 0. The first kappa shape index (κ1) is 17.7. The molecule has 0 unspecified atom stereocenters. The predicted octanol–water partition coefficient (Wildman–Crippen LogP) is 4.60. The minimum atomic E-state index is 0. The van der Waals surface area contributed by atoms with Gasteiger partial charge in [-0.15, -0.1) is 0 Å². The molecule has 0 fully saturated rings. The molecule has 4 aromatic rings. The van der Waals surface area contributed by atoms with E-state index < -0.39 is 0 Å². The van der Waals surface area contributed by atoms with E-state index in [1.807, 2.05) is 84.9 Å². The molecule has 0 bridgehead atoms. The molecule has 0 spiro atoms. The highest BCUT2D eigenvalue weighted by molar-refractivity contribution is 5.84. The molecule has 2 N–H and O–H groups in total. The summed E-state index contributed by atoms with van der Waals surface area (Å²) in [4.78, 5) is 0. The molecule has 4 aromatic carbocycles. The molecule has 0 aliphatic carbocycles. The van der Waals surface area contributed by atoms with Crippen molar-refractivity contribution in [1.29, 1.82) is 10.5 Å². The molecule has 0 amide bonds. The van der Waals surface area contributed by atoms with E-state index in [-0.39, 0.29) is 5.48 Å². The average Bonchev–Trinajstić information content (AvgIpc) is 2.67. The Balaban J connectivity index is 0.000000173. The van der Waals surface area contributed by atoms with Gasteiger partial charge in [-0.2, -0.15) is 10.5 Å². The highest BCUT2D eigenvalue weighted by Crippen LogP contribution is 2.15. The number of fused-ring (bicyclic) bond motifs is 2. The molecule has 0 aromatic heterocycles. The molecule has 25 heavy (non-hydrogen) atoms. The number of nitriles is 2. The van der Waals surface area contributed by atoms with E-state index in [2.05, 4.69) is 12.1 Å². The van der Waals surface area contributed by atoms with Crippen LogP contribution >= 0.6 is 0 Å². The monoisotopic (exact) mass is 324 g/mol. The number of hydrogen-bond acceptors (Lipinski definition) is 2. The lowest BCUT2D eigenvalue weighted by atomic mass is 10.1. The van der Waals surface area contributed by atoms with Gasteiger partial charge in [0.25, 0.3) is 0 Å². The van der Waals surface area contributed by atoms with E-state index in [1.54, 1.807) is 0 Å². The van der Waals surface area contributed by atoms with Gasteiger partial charge in [0, 0.05) is 0 Å². The third-order valence-corrected chi connectivity index (χ3v) is 3.76. The fourth-order valence-corrected chi connectivity index (χ4v) is 2.52. The smallest absolute Gasteiger partial charge is 0.0991 e. The zero-order valence-electron chi connectivity index (χ0n) is 13.5. The maximum Gasteiger partial charge on any atom is 0.0991 e. The van der Waals surface area contributed by atoms with Crippen LogP contribution in [0.1, 0.15) is 11.1 Å². The van der Waals surface area contributed by atoms with Gasteiger partial charge in [-0.05, 0) is 45.8 Å². The molecule has 0 atom stereocenters. The summed E-state index contributed by atoms with van der Waals surface area (Å²) in [5, 5.41) is 21.9. The first-order chi connectivity index (χ1) is 11.8. The maximum atomic E-state index is 8.65. The second-order valence-corrected chi connectivity index (χ2v) is 5.35. The zero-order valence-corrected chi connectivity index (χ0v) is 13.5. The molecule has 0 aliphatic heterocycles. The van der Waals surface area contributed by atoms with E-state index >= 15 is 0 Å². The van der Waals surface area contributed by atoms with Gasteiger partial charge in [0.05, 0.1) is 23.3 Å². The lowest BCUT2D eigenvalue weighted by molar-refractivity contribution is 0.824. The molecule has 0 heterocycles. The third kappa shape index (κ3) is 4.20. The first-order valence-corrected chi connectivity index (χ1v) is 7.58. The van der Waals surface area contributed by atoms with Crippen molar-refractivity contribution in [2.24, 2.45) is 0 Å². The van der Waals surface area contributed by atoms with Gasteiger partial charge in [0.15, 0.2) is 0 Å². The normalized spacial score (nSPS) is 9.20. The summed E-state index contributed by atoms with van der Waals surface area (Å²) in [6.07, 6.45) is 0. The lowest BCUT2D eigenvalue weighted by Crippen LogP contribution is -1.74. The van der Waals surface area contributed by atoms with Crippen LogP contribution < -0.4 is 0 Å². The van der Waals surface area contributed by atoms with Crippen molar-refractivity contribution in [3.8, 4) is 12.1 Å². The second kappa shape index (κ2) is 8.26. The Labute approximate surface area is 146 Å². The Hall–Kier alpha value is -3.66. The maximum absolute atomic E-state index is 8.65. The molecule has 0 radical (unpaired) electrons. The van der Waals surface area contributed by atoms with Gasteiger partial charge in [0.2, 0.25) is 0 Å². The highest BCUT2D eigenvalue weighted by Gasteiger charge is 1.93. The van der Waals surface area contributed by atoms with E-state index in [9.17, 15) is 0 Å². The molecule has 120 valence electrons. The number of nitrogens with zero attached hydrogens (tertiary/aromatic N) is 2. The fourth-order valence-electron chi connectivity index (χ4n) is 2.52. The summed E-state index contributed by atoms with van der Waals surface area (Å²) in [6.45, 7) is 0. The zero-order chi connectivity index (χ0) is 16.8. The SMILES string of the molecule is N#Cc1ccc2ccccc2c1.N#Cc1ccc2ccccc2c1.O. The summed E-state index contributed by atoms with van der Waals surface area (Å²) >= 11 is 0. The van der Waals surface area contributed by atoms with Crippen molar-refractivity contribution in [2.75, 3.05) is 0 Å². The van der Waals surface area contributed by atoms with Crippen LogP contribution in [0.3, 0.4) is 0 Å². The van der Waals surface area contributed by atoms with Gasteiger partial charge in [-0.3, -0.25) is 0 Å². The van der Waals surface area contributed by atoms with Crippen LogP contribution in [-0.2, 0) is 0 Å². The van der Waals surface area contributed by atoms with E-state index in [1.165, 1.54) is 10.8 Å². The lowest BCUT2D eigenvalue weighted by Gasteiger charge is -1.95. The Morgan fingerprint density at radius 2 is 0.840 bits per heavy atom. The van der Waals surface area contributed by atoms with Crippen molar-refractivity contribution in [2.45, 2.75) is 0 Å². The Kier molecular flexibility index (Phi) is 5.85. The minimum Gasteiger partial charge on any atom is -0.412 e. The van der Waals surface area contributed by atoms with Crippen molar-refractivity contribution in [1.82, 2.24) is 0 Å². The van der Waals surface area contributed by atoms with Crippen molar-refractivity contribution < 1.29 is 5.48 Å². The predicted molar refractivity (Wildman–Crippen MR) is 101 cm³/mol. The Morgan fingerprint density at radius 3 is 1.20 bits per heavy atom. The van der Waals surface area contributed by atoms with Crippen LogP contribution in [0.5, 0.6) is 0 Å². The minimum absolute atomic E-state index is 0. The van der Waals surface area contributed by atoms with Gasteiger partial charge < -0.3 is 5.48 Å². The Bertz CT molecular complexity index is 999. The van der Waals surface area contributed by atoms with Gasteiger partial charge in [-0.25, -0.2) is 0 Å². The van der Waals surface area contributed by atoms with Crippen molar-refractivity contribution >= 4 is 21.5 Å². The van der Waals surface area contributed by atoms with Crippen LogP contribution in [0.25, 0.3) is 21.5 Å². The summed E-state index contributed by atoms with van der Waals surface area (Å²) in [5.74, 6) is 0.